The van der Waals surface area contributed by atoms with E-state index in [0.29, 0.717) is 28.7 Å². The Morgan fingerprint density at radius 3 is 2.43 bits per heavy atom. The highest BCUT2D eigenvalue weighted by atomic mass is 35.5. The molecule has 1 heterocycles. The van der Waals surface area contributed by atoms with Crippen molar-refractivity contribution in [2.24, 2.45) is 0 Å². The van der Waals surface area contributed by atoms with Gasteiger partial charge in [0.05, 0.1) is 6.20 Å². The van der Waals surface area contributed by atoms with Crippen molar-refractivity contribution in [1.29, 1.82) is 0 Å². The molecule has 6 heteroatoms. The van der Waals surface area contributed by atoms with Crippen LogP contribution >= 0.6 is 24.0 Å². The first-order valence-corrected chi connectivity index (χ1v) is 8.15. The lowest BCUT2D eigenvalue weighted by Crippen LogP contribution is -2.27. The summed E-state index contributed by atoms with van der Waals surface area (Å²) >= 11 is 6.16. The summed E-state index contributed by atoms with van der Waals surface area (Å²) in [7, 11) is 0. The summed E-state index contributed by atoms with van der Waals surface area (Å²) < 4.78 is 0. The van der Waals surface area contributed by atoms with E-state index in [1.807, 2.05) is 12.1 Å². The van der Waals surface area contributed by atoms with Gasteiger partial charge >= 0.3 is 0 Å². The normalized spacial score (nSPS) is 14.1. The maximum Gasteiger partial charge on any atom is 0.229 e. The average Bonchev–Trinajstić information content (AvgIpc) is 2.46. The Balaban J connectivity index is 0.00000192. The molecule has 2 N–H and O–H groups in total. The van der Waals surface area contributed by atoms with Gasteiger partial charge < -0.3 is 10.6 Å². The maximum absolute atomic E-state index is 6.16. The molecule has 0 radical (unpaired) electrons. The zero-order chi connectivity index (χ0) is 15.5. The fourth-order valence-corrected chi connectivity index (χ4v) is 2.50. The second-order valence-corrected chi connectivity index (χ2v) is 6.47. The molecule has 4 nitrogen and oxygen atoms in total. The van der Waals surface area contributed by atoms with Crippen LogP contribution in [0.1, 0.15) is 44.6 Å². The molecule has 0 atom stereocenters. The molecule has 0 amide bonds. The summed E-state index contributed by atoms with van der Waals surface area (Å²) in [6.45, 7) is 4.37. The molecule has 0 unspecified atom stereocenters. The third-order valence-electron chi connectivity index (χ3n) is 4.02. The molecule has 0 saturated heterocycles. The SMILES string of the molecule is CC(C)c1ccc(Nc2ncc(Cl)c(NC3CCC3)n2)cc1.Cl. The summed E-state index contributed by atoms with van der Waals surface area (Å²) in [5.41, 5.74) is 2.29. The van der Waals surface area contributed by atoms with E-state index >= 15 is 0 Å². The summed E-state index contributed by atoms with van der Waals surface area (Å²) in [6.07, 6.45) is 5.27. The van der Waals surface area contributed by atoms with Crippen LogP contribution in [0.15, 0.2) is 30.5 Å². The van der Waals surface area contributed by atoms with Gasteiger partial charge in [0, 0.05) is 11.7 Å². The largest absolute Gasteiger partial charge is 0.366 e. The van der Waals surface area contributed by atoms with E-state index in [0.717, 1.165) is 5.69 Å². The number of nitrogens with zero attached hydrogens (tertiary/aromatic N) is 2. The molecule has 1 aliphatic carbocycles. The topological polar surface area (TPSA) is 49.8 Å². The van der Waals surface area contributed by atoms with Gasteiger partial charge in [-0.3, -0.25) is 0 Å². The third kappa shape index (κ3) is 4.49. The summed E-state index contributed by atoms with van der Waals surface area (Å²) in [5.74, 6) is 1.80. The van der Waals surface area contributed by atoms with Gasteiger partial charge in [-0.25, -0.2) is 4.98 Å². The van der Waals surface area contributed by atoms with E-state index < -0.39 is 0 Å². The lowest BCUT2D eigenvalue weighted by atomic mass is 9.93. The molecule has 124 valence electrons. The zero-order valence-corrected chi connectivity index (χ0v) is 14.9. The van der Waals surface area contributed by atoms with Crippen LogP contribution in [-0.2, 0) is 0 Å². The van der Waals surface area contributed by atoms with Crippen molar-refractivity contribution in [1.82, 2.24) is 9.97 Å². The average molecular weight is 353 g/mol. The Bertz CT molecular complexity index is 640. The Kier molecular flexibility index (Phi) is 6.08. The van der Waals surface area contributed by atoms with Gasteiger partial charge in [-0.15, -0.1) is 12.4 Å². The second-order valence-electron chi connectivity index (χ2n) is 6.06. The number of nitrogens with one attached hydrogen (secondary N) is 2. The minimum absolute atomic E-state index is 0. The van der Waals surface area contributed by atoms with Crippen LogP contribution in [0.4, 0.5) is 17.5 Å². The van der Waals surface area contributed by atoms with Crippen molar-refractivity contribution in [3.8, 4) is 0 Å². The lowest BCUT2D eigenvalue weighted by molar-refractivity contribution is 0.444. The van der Waals surface area contributed by atoms with Crippen LogP contribution in [0.5, 0.6) is 0 Å². The molecule has 23 heavy (non-hydrogen) atoms. The molecule has 2 aromatic rings. The van der Waals surface area contributed by atoms with E-state index in [1.165, 1.54) is 24.8 Å². The summed E-state index contributed by atoms with van der Waals surface area (Å²) in [5, 5.41) is 7.16. The van der Waals surface area contributed by atoms with Crippen molar-refractivity contribution in [3.05, 3.63) is 41.0 Å². The molecular formula is C17H22Cl2N4. The minimum Gasteiger partial charge on any atom is -0.366 e. The predicted molar refractivity (Wildman–Crippen MR) is 99.4 cm³/mol. The van der Waals surface area contributed by atoms with Crippen LogP contribution in [0.2, 0.25) is 5.02 Å². The van der Waals surface area contributed by atoms with Gasteiger partial charge in [0.25, 0.3) is 0 Å². The molecule has 1 aromatic carbocycles. The summed E-state index contributed by atoms with van der Waals surface area (Å²) in [4.78, 5) is 8.73. The van der Waals surface area contributed by atoms with Gasteiger partial charge in [-0.2, -0.15) is 4.98 Å². The summed E-state index contributed by atoms with van der Waals surface area (Å²) in [6, 6.07) is 8.83. The molecule has 0 spiro atoms. The van der Waals surface area contributed by atoms with Gasteiger partial charge in [-0.05, 0) is 42.9 Å². The number of hydrogen-bond donors (Lipinski definition) is 2. The maximum atomic E-state index is 6.16. The van der Waals surface area contributed by atoms with Gasteiger partial charge in [0.15, 0.2) is 5.82 Å². The zero-order valence-electron chi connectivity index (χ0n) is 13.3. The molecule has 1 fully saturated rings. The lowest BCUT2D eigenvalue weighted by Gasteiger charge is -2.27. The number of anilines is 3. The third-order valence-corrected chi connectivity index (χ3v) is 4.30. The fourth-order valence-electron chi connectivity index (χ4n) is 2.35. The molecule has 3 rings (SSSR count). The van der Waals surface area contributed by atoms with Crippen molar-refractivity contribution >= 4 is 41.5 Å². The number of aromatic nitrogens is 2. The number of hydrogen-bond acceptors (Lipinski definition) is 4. The van der Waals surface area contributed by atoms with Crippen molar-refractivity contribution in [2.45, 2.75) is 45.1 Å². The Morgan fingerprint density at radius 2 is 1.87 bits per heavy atom. The van der Waals surface area contributed by atoms with Crippen molar-refractivity contribution in [3.63, 3.8) is 0 Å². The molecule has 1 saturated carbocycles. The van der Waals surface area contributed by atoms with Crippen molar-refractivity contribution < 1.29 is 0 Å². The smallest absolute Gasteiger partial charge is 0.229 e. The van der Waals surface area contributed by atoms with Gasteiger partial charge in [0.2, 0.25) is 5.95 Å². The Labute approximate surface area is 148 Å². The number of benzene rings is 1. The number of halogens is 2. The van der Waals surface area contributed by atoms with Crippen LogP contribution in [0.25, 0.3) is 0 Å². The Hall–Kier alpha value is -1.52. The molecule has 0 aliphatic heterocycles. The molecular weight excluding hydrogens is 331 g/mol. The first-order chi connectivity index (χ1) is 10.6. The van der Waals surface area contributed by atoms with Gasteiger partial charge in [-0.1, -0.05) is 37.6 Å². The first kappa shape index (κ1) is 17.8. The standard InChI is InChI=1S/C17H21ClN4.ClH/c1-11(2)12-6-8-14(9-7-12)21-17-19-10-15(18)16(22-17)20-13-4-3-5-13;/h6-11,13H,3-5H2,1-2H3,(H2,19,20,21,22);1H. The Morgan fingerprint density at radius 1 is 1.17 bits per heavy atom. The minimum atomic E-state index is 0. The van der Waals surface area contributed by atoms with Crippen LogP contribution < -0.4 is 10.6 Å². The highest BCUT2D eigenvalue weighted by Crippen LogP contribution is 2.27. The molecule has 0 bridgehead atoms. The monoisotopic (exact) mass is 352 g/mol. The van der Waals surface area contributed by atoms with Crippen LogP contribution in [0, 0.1) is 0 Å². The highest BCUT2D eigenvalue weighted by Gasteiger charge is 2.19. The molecule has 1 aliphatic rings. The fraction of sp³-hybridized carbons (Fsp3) is 0.412. The van der Waals surface area contributed by atoms with Crippen molar-refractivity contribution in [2.75, 3.05) is 10.6 Å². The van der Waals surface area contributed by atoms with Gasteiger partial charge in [0.1, 0.15) is 5.02 Å². The second kappa shape index (κ2) is 7.84. The van der Waals surface area contributed by atoms with Crippen LogP contribution in [-0.4, -0.2) is 16.0 Å². The van der Waals surface area contributed by atoms with E-state index in [2.05, 4.69) is 46.6 Å². The van der Waals surface area contributed by atoms with Crippen LogP contribution in [0.3, 0.4) is 0 Å². The highest BCUT2D eigenvalue weighted by molar-refractivity contribution is 6.32. The quantitative estimate of drug-likeness (QED) is 0.757. The number of rotatable bonds is 5. The molecule has 1 aromatic heterocycles. The van der Waals surface area contributed by atoms with E-state index in [-0.39, 0.29) is 12.4 Å². The predicted octanol–water partition coefficient (Wildman–Crippen LogP) is 5.38. The van der Waals surface area contributed by atoms with E-state index in [4.69, 9.17) is 11.6 Å². The van der Waals surface area contributed by atoms with E-state index in [9.17, 15) is 0 Å². The van der Waals surface area contributed by atoms with E-state index in [1.54, 1.807) is 6.20 Å². The first-order valence-electron chi connectivity index (χ1n) is 7.78.